The molecule has 5 atom stereocenters. The first-order chi connectivity index (χ1) is 15.7. The fourth-order valence-corrected chi connectivity index (χ4v) is 9.11. The van der Waals surface area contributed by atoms with Gasteiger partial charge in [0, 0.05) is 0 Å². The van der Waals surface area contributed by atoms with E-state index in [0.717, 1.165) is 32.1 Å². The Labute approximate surface area is 236 Å². The molecule has 34 heavy (non-hydrogen) atoms. The number of aliphatic hydroxyl groups is 1. The lowest BCUT2D eigenvalue weighted by atomic mass is 9.60. The van der Waals surface area contributed by atoms with Gasteiger partial charge in [-0.25, -0.2) is 0 Å². The number of alkyl halides is 6. The Morgan fingerprint density at radius 1 is 1.03 bits per heavy atom. The normalized spacial score (nSPS) is 34.2. The highest BCUT2D eigenvalue weighted by molar-refractivity contribution is 6.72. The number of hydrogen-bond donors (Lipinski definition) is 1. The molecule has 3 aliphatic rings. The van der Waals surface area contributed by atoms with Gasteiger partial charge in [-0.1, -0.05) is 126 Å². The van der Waals surface area contributed by atoms with Crippen molar-refractivity contribution in [2.75, 3.05) is 0 Å². The van der Waals surface area contributed by atoms with Gasteiger partial charge in [0.1, 0.15) is 0 Å². The van der Waals surface area contributed by atoms with Gasteiger partial charge < -0.3 is 5.11 Å². The van der Waals surface area contributed by atoms with Crippen molar-refractivity contribution in [1.82, 2.24) is 0 Å². The molecule has 3 rings (SSSR count). The number of hydrogen-bond acceptors (Lipinski definition) is 1. The second-order valence-corrected chi connectivity index (χ2v) is 15.8. The van der Waals surface area contributed by atoms with Crippen LogP contribution >= 0.6 is 69.6 Å². The highest BCUT2D eigenvalue weighted by Gasteiger charge is 2.51. The summed E-state index contributed by atoms with van der Waals surface area (Å²) in [5.74, 6) is 1.22. The van der Waals surface area contributed by atoms with Crippen molar-refractivity contribution in [3.8, 4) is 0 Å². The SMILES string of the molecule is C=C1CC[C@H](O)C/C1=C/C=C1CCC[C@@]2(C)C1CC[C@@H]2[C@H](C)CCCC(C(Cl)(Cl)Cl)C(Cl)(Cl)Cl. The van der Waals surface area contributed by atoms with E-state index in [1.165, 1.54) is 43.3 Å². The van der Waals surface area contributed by atoms with E-state index in [2.05, 4.69) is 32.6 Å². The number of fused-ring (bicyclic) bond motifs is 1. The van der Waals surface area contributed by atoms with Crippen molar-refractivity contribution >= 4 is 69.6 Å². The lowest BCUT2D eigenvalue weighted by Crippen LogP contribution is -2.36. The van der Waals surface area contributed by atoms with Crippen molar-refractivity contribution in [3.63, 3.8) is 0 Å². The first-order valence-corrected chi connectivity index (χ1v) is 14.9. The largest absolute Gasteiger partial charge is 0.393 e. The maximum atomic E-state index is 10.1. The van der Waals surface area contributed by atoms with Crippen molar-refractivity contribution in [3.05, 3.63) is 35.5 Å². The number of halogens is 6. The second-order valence-electron chi connectivity index (χ2n) is 11.1. The fraction of sp³-hybridized carbons (Fsp3) is 0.778. The van der Waals surface area contributed by atoms with Crippen LogP contribution in [0, 0.1) is 29.1 Å². The summed E-state index contributed by atoms with van der Waals surface area (Å²) in [6.45, 7) is 9.09. The average molecular weight is 591 g/mol. The van der Waals surface area contributed by atoms with Crippen molar-refractivity contribution in [2.45, 2.75) is 98.2 Å². The fourth-order valence-electron chi connectivity index (χ4n) is 6.97. The van der Waals surface area contributed by atoms with E-state index in [4.69, 9.17) is 69.6 Å². The molecule has 1 unspecified atom stereocenters. The number of allylic oxidation sites excluding steroid dienone is 4. The van der Waals surface area contributed by atoms with E-state index >= 15 is 0 Å². The van der Waals surface area contributed by atoms with E-state index in [1.807, 2.05) is 0 Å². The molecular formula is C27H38Cl6O. The Hall–Kier alpha value is 0.920. The molecule has 0 heterocycles. The molecule has 0 saturated heterocycles. The molecule has 0 bridgehead atoms. The van der Waals surface area contributed by atoms with E-state index in [0.29, 0.717) is 29.6 Å². The Morgan fingerprint density at radius 2 is 1.71 bits per heavy atom. The average Bonchev–Trinajstić information content (AvgIpc) is 3.07. The summed E-state index contributed by atoms with van der Waals surface area (Å²) in [7, 11) is 0. The highest BCUT2D eigenvalue weighted by Crippen LogP contribution is 2.60. The summed E-state index contributed by atoms with van der Waals surface area (Å²) >= 11 is 36.6. The molecule has 0 aromatic heterocycles. The van der Waals surface area contributed by atoms with Gasteiger partial charge >= 0.3 is 0 Å². The molecule has 3 aliphatic carbocycles. The van der Waals surface area contributed by atoms with Crippen LogP contribution in [0.4, 0.5) is 0 Å². The van der Waals surface area contributed by atoms with Crippen LogP contribution in [-0.4, -0.2) is 18.8 Å². The summed E-state index contributed by atoms with van der Waals surface area (Å²) in [5.41, 5.74) is 4.30. The van der Waals surface area contributed by atoms with E-state index < -0.39 is 13.5 Å². The standard InChI is InChI=1S/C27H38Cl6O/c1-17-9-12-21(34)16-20(17)11-10-19-7-5-15-25(3)22(13-14-23(19)25)18(2)6-4-8-24(26(28,29)30)27(31,32)33/h10-11,18,21-24,34H,1,4-9,12-16H2,2-3H3/b19-10?,20-11-/t18-,21+,22-,23?,25-/m1/s1. The molecule has 3 fully saturated rings. The minimum absolute atomic E-state index is 0.230. The van der Waals surface area contributed by atoms with E-state index in [1.54, 1.807) is 5.57 Å². The quantitative estimate of drug-likeness (QED) is 0.305. The van der Waals surface area contributed by atoms with Crippen molar-refractivity contribution < 1.29 is 5.11 Å². The van der Waals surface area contributed by atoms with Gasteiger partial charge in [-0.2, -0.15) is 0 Å². The van der Waals surface area contributed by atoms with Gasteiger partial charge in [-0.15, -0.1) is 0 Å². The van der Waals surface area contributed by atoms with Crippen LogP contribution in [-0.2, 0) is 0 Å². The Kier molecular flexibility index (Phi) is 10.2. The third-order valence-electron chi connectivity index (χ3n) is 8.85. The Balaban J connectivity index is 1.65. The number of aliphatic hydroxyl groups excluding tert-OH is 1. The van der Waals surface area contributed by atoms with Gasteiger partial charge in [0.2, 0.25) is 0 Å². The molecule has 0 amide bonds. The van der Waals surface area contributed by atoms with Crippen LogP contribution in [0.15, 0.2) is 35.5 Å². The van der Waals surface area contributed by atoms with Gasteiger partial charge in [0.05, 0.1) is 12.0 Å². The maximum Gasteiger partial charge on any atom is 0.197 e. The topological polar surface area (TPSA) is 20.2 Å². The van der Waals surface area contributed by atoms with Gasteiger partial charge in [0.15, 0.2) is 7.59 Å². The Morgan fingerprint density at radius 3 is 2.35 bits per heavy atom. The summed E-state index contributed by atoms with van der Waals surface area (Å²) < 4.78 is -3.20. The summed E-state index contributed by atoms with van der Waals surface area (Å²) in [5, 5.41) is 10.1. The second kappa shape index (κ2) is 11.8. The zero-order valence-corrected chi connectivity index (χ0v) is 24.8. The van der Waals surface area contributed by atoms with Gasteiger partial charge in [0.25, 0.3) is 0 Å². The molecule has 0 aliphatic heterocycles. The van der Waals surface area contributed by atoms with Gasteiger partial charge in [-0.3, -0.25) is 0 Å². The monoisotopic (exact) mass is 588 g/mol. The molecule has 0 spiro atoms. The first-order valence-electron chi connectivity index (χ1n) is 12.6. The van der Waals surface area contributed by atoms with Crippen LogP contribution < -0.4 is 0 Å². The summed E-state index contributed by atoms with van der Waals surface area (Å²) in [6, 6.07) is 0. The minimum Gasteiger partial charge on any atom is -0.393 e. The lowest BCUT2D eigenvalue weighted by Gasteiger charge is -2.44. The predicted molar refractivity (Wildman–Crippen MR) is 150 cm³/mol. The third kappa shape index (κ3) is 7.06. The van der Waals surface area contributed by atoms with Crippen molar-refractivity contribution in [1.29, 1.82) is 0 Å². The minimum atomic E-state index is -1.60. The Bertz CT molecular complexity index is 778. The summed E-state index contributed by atoms with van der Waals surface area (Å²) in [6.07, 6.45) is 15.5. The van der Waals surface area contributed by atoms with Crippen molar-refractivity contribution in [2.24, 2.45) is 29.1 Å². The molecule has 0 aromatic rings. The zero-order chi connectivity index (χ0) is 25.3. The number of rotatable bonds is 6. The van der Waals surface area contributed by atoms with Crippen LogP contribution in [0.25, 0.3) is 0 Å². The molecule has 1 N–H and O–H groups in total. The van der Waals surface area contributed by atoms with Gasteiger partial charge in [-0.05, 0) is 86.5 Å². The maximum absolute atomic E-state index is 10.1. The molecular weight excluding hydrogens is 553 g/mol. The van der Waals surface area contributed by atoms with Crippen LogP contribution in [0.1, 0.15) is 84.5 Å². The molecule has 194 valence electrons. The smallest absolute Gasteiger partial charge is 0.197 e. The molecule has 1 nitrogen and oxygen atoms in total. The van der Waals surface area contributed by atoms with E-state index in [9.17, 15) is 5.11 Å². The van der Waals surface area contributed by atoms with E-state index in [-0.39, 0.29) is 6.10 Å². The molecule has 0 radical (unpaired) electrons. The van der Waals surface area contributed by atoms with Crippen LogP contribution in [0.3, 0.4) is 0 Å². The zero-order valence-electron chi connectivity index (χ0n) is 20.2. The first kappa shape index (κ1) is 29.5. The lowest BCUT2D eigenvalue weighted by molar-refractivity contribution is 0.0927. The highest BCUT2D eigenvalue weighted by atomic mass is 35.6. The third-order valence-corrected chi connectivity index (χ3v) is 10.4. The summed E-state index contributed by atoms with van der Waals surface area (Å²) in [4.78, 5) is 0. The molecule has 0 aromatic carbocycles. The molecule has 7 heteroatoms. The van der Waals surface area contributed by atoms with Crippen LogP contribution in [0.2, 0.25) is 0 Å². The predicted octanol–water partition coefficient (Wildman–Crippen LogP) is 10.3. The van der Waals surface area contributed by atoms with Crippen LogP contribution in [0.5, 0.6) is 0 Å². The molecule has 3 saturated carbocycles.